The van der Waals surface area contributed by atoms with Crippen LogP contribution in [0.1, 0.15) is 45.1 Å². The van der Waals surface area contributed by atoms with E-state index in [-0.39, 0.29) is 0 Å². The highest BCUT2D eigenvalue weighted by molar-refractivity contribution is 9.10. The highest BCUT2D eigenvalue weighted by Gasteiger charge is 2.32. The van der Waals surface area contributed by atoms with Crippen LogP contribution in [0.5, 0.6) is 0 Å². The highest BCUT2D eigenvalue weighted by atomic mass is 79.9. The third-order valence-corrected chi connectivity index (χ3v) is 4.25. The number of aromatic nitrogens is 2. The predicted molar refractivity (Wildman–Crippen MR) is 77.9 cm³/mol. The molecule has 4 nitrogen and oxygen atoms in total. The number of halogens is 1. The molecule has 0 spiro atoms. The van der Waals surface area contributed by atoms with Crippen molar-refractivity contribution >= 4 is 21.7 Å². The summed E-state index contributed by atoms with van der Waals surface area (Å²) in [6, 6.07) is 0. The first-order chi connectivity index (χ1) is 8.54. The van der Waals surface area contributed by atoms with Crippen molar-refractivity contribution in [3.05, 3.63) is 16.0 Å². The van der Waals surface area contributed by atoms with E-state index in [4.69, 9.17) is 4.74 Å². The van der Waals surface area contributed by atoms with Gasteiger partial charge < -0.3 is 10.1 Å². The van der Waals surface area contributed by atoms with Crippen LogP contribution in [0, 0.1) is 6.92 Å². The first-order valence-electron chi connectivity index (χ1n) is 6.38. The number of hydrogen-bond acceptors (Lipinski definition) is 4. The van der Waals surface area contributed by atoms with E-state index in [1.54, 1.807) is 7.11 Å². The summed E-state index contributed by atoms with van der Waals surface area (Å²) in [5, 5.41) is 3.25. The number of aryl methyl sites for hydroxylation is 1. The van der Waals surface area contributed by atoms with E-state index in [0.29, 0.717) is 0 Å². The minimum atomic E-state index is -0.393. The summed E-state index contributed by atoms with van der Waals surface area (Å²) in [6.45, 7) is 9.04. The van der Waals surface area contributed by atoms with E-state index >= 15 is 0 Å². The van der Waals surface area contributed by atoms with Crippen LogP contribution >= 0.6 is 15.9 Å². The fourth-order valence-electron chi connectivity index (χ4n) is 1.99. The van der Waals surface area contributed by atoms with Gasteiger partial charge in [0.15, 0.2) is 5.82 Å². The molecule has 0 bridgehead atoms. The molecule has 102 valence electrons. The fraction of sp³-hybridized carbons (Fsp3) is 0.692. The van der Waals surface area contributed by atoms with Gasteiger partial charge in [0.2, 0.25) is 0 Å². The Hall–Kier alpha value is -0.680. The molecule has 0 unspecified atom stereocenters. The number of hydrogen-bond donors (Lipinski definition) is 1. The van der Waals surface area contributed by atoms with E-state index < -0.39 is 5.60 Å². The molecule has 0 saturated carbocycles. The van der Waals surface area contributed by atoms with E-state index in [1.165, 1.54) is 0 Å². The maximum atomic E-state index is 5.68. The Bertz CT molecular complexity index is 397. The van der Waals surface area contributed by atoms with Crippen molar-refractivity contribution in [3.63, 3.8) is 0 Å². The summed E-state index contributed by atoms with van der Waals surface area (Å²) in [6.07, 6.45) is 1.71. The summed E-state index contributed by atoms with van der Waals surface area (Å²) in [4.78, 5) is 9.19. The van der Waals surface area contributed by atoms with Crippen molar-refractivity contribution in [2.24, 2.45) is 0 Å². The molecule has 0 fully saturated rings. The molecule has 0 atom stereocenters. The summed E-state index contributed by atoms with van der Waals surface area (Å²) in [5.41, 5.74) is 0.537. The molecule has 1 heterocycles. The van der Waals surface area contributed by atoms with Crippen molar-refractivity contribution < 1.29 is 4.74 Å². The standard InChI is InChI=1S/C13H22BrN3O/c1-6-13(7-2,18-5)12-16-9(4)10(14)11(17-12)15-8-3/h6-8H2,1-5H3,(H,15,16,17). The summed E-state index contributed by atoms with van der Waals surface area (Å²) < 4.78 is 6.60. The van der Waals surface area contributed by atoms with Crippen LogP contribution in [0.3, 0.4) is 0 Å². The molecular weight excluding hydrogens is 294 g/mol. The quantitative estimate of drug-likeness (QED) is 0.870. The Kier molecular flexibility index (Phi) is 5.53. The summed E-state index contributed by atoms with van der Waals surface area (Å²) in [5.74, 6) is 1.59. The predicted octanol–water partition coefficient (Wildman–Crippen LogP) is 3.64. The monoisotopic (exact) mass is 315 g/mol. The van der Waals surface area contributed by atoms with E-state index in [2.05, 4.69) is 45.1 Å². The number of anilines is 1. The van der Waals surface area contributed by atoms with Gasteiger partial charge in [0.25, 0.3) is 0 Å². The lowest BCUT2D eigenvalue weighted by molar-refractivity contribution is -0.0291. The van der Waals surface area contributed by atoms with Gasteiger partial charge in [-0.05, 0) is 42.6 Å². The van der Waals surface area contributed by atoms with Gasteiger partial charge in [0.05, 0.1) is 10.2 Å². The fourth-order valence-corrected chi connectivity index (χ4v) is 2.31. The van der Waals surface area contributed by atoms with Gasteiger partial charge in [-0.2, -0.15) is 0 Å². The third kappa shape index (κ3) is 2.83. The average molecular weight is 316 g/mol. The second-order valence-electron chi connectivity index (χ2n) is 4.23. The van der Waals surface area contributed by atoms with Crippen LogP contribution in [-0.4, -0.2) is 23.6 Å². The Morgan fingerprint density at radius 1 is 1.22 bits per heavy atom. The minimum absolute atomic E-state index is 0.393. The molecule has 0 aliphatic carbocycles. The molecule has 1 rings (SSSR count). The molecule has 5 heteroatoms. The number of nitrogens with zero attached hydrogens (tertiary/aromatic N) is 2. The van der Waals surface area contributed by atoms with E-state index in [9.17, 15) is 0 Å². The zero-order valence-electron chi connectivity index (χ0n) is 11.8. The topological polar surface area (TPSA) is 47.0 Å². The molecule has 1 aromatic heterocycles. The van der Waals surface area contributed by atoms with Gasteiger partial charge in [0.1, 0.15) is 11.4 Å². The Balaban J connectivity index is 3.32. The normalized spacial score (nSPS) is 11.7. The van der Waals surface area contributed by atoms with Gasteiger partial charge in [-0.3, -0.25) is 0 Å². The molecule has 0 saturated heterocycles. The lowest BCUT2D eigenvalue weighted by atomic mass is 9.96. The van der Waals surface area contributed by atoms with Crippen molar-refractivity contribution in [1.82, 2.24) is 9.97 Å². The Morgan fingerprint density at radius 3 is 2.28 bits per heavy atom. The second-order valence-corrected chi connectivity index (χ2v) is 5.02. The third-order valence-electron chi connectivity index (χ3n) is 3.30. The molecule has 0 amide bonds. The van der Waals surface area contributed by atoms with Crippen molar-refractivity contribution in [2.45, 2.75) is 46.1 Å². The molecule has 0 aromatic carbocycles. The molecule has 1 N–H and O–H groups in total. The molecule has 0 radical (unpaired) electrons. The lowest BCUT2D eigenvalue weighted by Crippen LogP contribution is -2.30. The van der Waals surface area contributed by atoms with E-state index in [0.717, 1.165) is 41.2 Å². The molecule has 0 aliphatic heterocycles. The van der Waals surface area contributed by atoms with Crippen LogP contribution in [0.25, 0.3) is 0 Å². The smallest absolute Gasteiger partial charge is 0.162 e. The zero-order chi connectivity index (χ0) is 13.8. The number of rotatable bonds is 6. The molecule has 0 aliphatic rings. The maximum absolute atomic E-state index is 5.68. The second kappa shape index (κ2) is 6.48. The first-order valence-corrected chi connectivity index (χ1v) is 7.17. The molecular formula is C13H22BrN3O. The molecule has 1 aromatic rings. The minimum Gasteiger partial charge on any atom is -0.370 e. The largest absolute Gasteiger partial charge is 0.370 e. The van der Waals surface area contributed by atoms with E-state index in [1.807, 2.05) is 13.8 Å². The Morgan fingerprint density at radius 2 is 1.83 bits per heavy atom. The SMILES string of the molecule is CCNc1nc(C(CC)(CC)OC)nc(C)c1Br. The number of ether oxygens (including phenoxy) is 1. The lowest BCUT2D eigenvalue weighted by Gasteiger charge is -2.29. The van der Waals surface area contributed by atoms with Crippen LogP contribution in [-0.2, 0) is 10.3 Å². The van der Waals surface area contributed by atoms with Crippen LogP contribution < -0.4 is 5.32 Å². The van der Waals surface area contributed by atoms with Gasteiger partial charge in [-0.25, -0.2) is 9.97 Å². The van der Waals surface area contributed by atoms with Crippen LogP contribution in [0.15, 0.2) is 4.47 Å². The van der Waals surface area contributed by atoms with Gasteiger partial charge in [-0.15, -0.1) is 0 Å². The highest BCUT2D eigenvalue weighted by Crippen LogP contribution is 2.33. The van der Waals surface area contributed by atoms with Crippen molar-refractivity contribution in [1.29, 1.82) is 0 Å². The first kappa shape index (κ1) is 15.4. The number of nitrogens with one attached hydrogen (secondary N) is 1. The van der Waals surface area contributed by atoms with Crippen molar-refractivity contribution in [2.75, 3.05) is 19.0 Å². The van der Waals surface area contributed by atoms with Gasteiger partial charge >= 0.3 is 0 Å². The average Bonchev–Trinajstić information content (AvgIpc) is 2.38. The maximum Gasteiger partial charge on any atom is 0.162 e. The number of methoxy groups -OCH3 is 1. The van der Waals surface area contributed by atoms with Gasteiger partial charge in [-0.1, -0.05) is 13.8 Å². The molecule has 18 heavy (non-hydrogen) atoms. The summed E-state index contributed by atoms with van der Waals surface area (Å²) >= 11 is 3.52. The van der Waals surface area contributed by atoms with Crippen LogP contribution in [0.2, 0.25) is 0 Å². The van der Waals surface area contributed by atoms with Crippen molar-refractivity contribution in [3.8, 4) is 0 Å². The van der Waals surface area contributed by atoms with Crippen LogP contribution in [0.4, 0.5) is 5.82 Å². The Labute approximate surface area is 118 Å². The van der Waals surface area contributed by atoms with Gasteiger partial charge in [0, 0.05) is 13.7 Å². The zero-order valence-corrected chi connectivity index (χ0v) is 13.4. The summed E-state index contributed by atoms with van der Waals surface area (Å²) in [7, 11) is 1.72.